The highest BCUT2D eigenvalue weighted by Crippen LogP contribution is 2.04. The lowest BCUT2D eigenvalue weighted by Crippen LogP contribution is -2.30. The second kappa shape index (κ2) is 4.53. The maximum Gasteiger partial charge on any atom is 0.123 e. The van der Waals surface area contributed by atoms with E-state index in [1.165, 1.54) is 18.6 Å². The predicted octanol–water partition coefficient (Wildman–Crippen LogP) is 1.28. The Morgan fingerprint density at radius 2 is 2.14 bits per heavy atom. The zero-order valence-corrected chi connectivity index (χ0v) is 8.09. The van der Waals surface area contributed by atoms with Crippen LogP contribution in [-0.2, 0) is 6.54 Å². The van der Waals surface area contributed by atoms with Crippen LogP contribution >= 0.6 is 0 Å². The fourth-order valence-corrected chi connectivity index (χ4v) is 1.69. The lowest BCUT2D eigenvalue weighted by molar-refractivity contribution is 0.546. The van der Waals surface area contributed by atoms with E-state index in [9.17, 15) is 4.39 Å². The molecule has 0 aromatic heterocycles. The first-order valence-corrected chi connectivity index (χ1v) is 5.03. The minimum absolute atomic E-state index is 0.170. The summed E-state index contributed by atoms with van der Waals surface area (Å²) in [7, 11) is 0. The number of benzene rings is 1. The van der Waals surface area contributed by atoms with Gasteiger partial charge in [0.05, 0.1) is 0 Å². The maximum atomic E-state index is 12.6. The van der Waals surface area contributed by atoms with Crippen LogP contribution in [0.25, 0.3) is 0 Å². The van der Waals surface area contributed by atoms with Gasteiger partial charge in [0.25, 0.3) is 0 Å². The highest BCUT2D eigenvalue weighted by molar-refractivity contribution is 5.15. The van der Waals surface area contributed by atoms with E-state index in [1.807, 2.05) is 12.1 Å². The molecule has 1 aromatic rings. The summed E-state index contributed by atoms with van der Waals surface area (Å²) < 4.78 is 12.6. The van der Waals surface area contributed by atoms with Crippen molar-refractivity contribution in [2.45, 2.75) is 19.0 Å². The van der Waals surface area contributed by atoms with Crippen LogP contribution in [0, 0.1) is 5.82 Å². The van der Waals surface area contributed by atoms with Crippen molar-refractivity contribution in [2.75, 3.05) is 13.1 Å². The zero-order chi connectivity index (χ0) is 9.80. The van der Waals surface area contributed by atoms with Gasteiger partial charge in [-0.15, -0.1) is 0 Å². The van der Waals surface area contributed by atoms with Gasteiger partial charge in [0, 0.05) is 19.1 Å². The first-order chi connectivity index (χ1) is 6.84. The monoisotopic (exact) mass is 194 g/mol. The van der Waals surface area contributed by atoms with Gasteiger partial charge in [-0.1, -0.05) is 12.1 Å². The fourth-order valence-electron chi connectivity index (χ4n) is 1.69. The molecule has 2 rings (SSSR count). The van der Waals surface area contributed by atoms with Crippen LogP contribution in [0.15, 0.2) is 24.3 Å². The van der Waals surface area contributed by atoms with E-state index >= 15 is 0 Å². The Hall–Kier alpha value is -0.930. The standard InChI is InChI=1S/C11H15FN2/c12-10-3-1-9(2-4-10)7-14-11-5-6-13-8-11/h1-4,11,13-14H,5-8H2/t11-/m1/s1. The van der Waals surface area contributed by atoms with E-state index in [0.29, 0.717) is 6.04 Å². The Labute approximate surface area is 83.5 Å². The molecule has 0 bridgehead atoms. The number of nitrogens with one attached hydrogen (secondary N) is 2. The van der Waals surface area contributed by atoms with Gasteiger partial charge in [-0.25, -0.2) is 4.39 Å². The van der Waals surface area contributed by atoms with Gasteiger partial charge in [-0.05, 0) is 30.7 Å². The molecule has 1 fully saturated rings. The summed E-state index contributed by atoms with van der Waals surface area (Å²) in [4.78, 5) is 0. The predicted molar refractivity (Wildman–Crippen MR) is 54.5 cm³/mol. The Morgan fingerprint density at radius 3 is 2.79 bits per heavy atom. The highest BCUT2D eigenvalue weighted by atomic mass is 19.1. The minimum Gasteiger partial charge on any atom is -0.315 e. The summed E-state index contributed by atoms with van der Waals surface area (Å²) in [6.45, 7) is 2.97. The van der Waals surface area contributed by atoms with Gasteiger partial charge in [0.1, 0.15) is 5.82 Å². The van der Waals surface area contributed by atoms with Crippen molar-refractivity contribution < 1.29 is 4.39 Å². The fraction of sp³-hybridized carbons (Fsp3) is 0.455. The number of hydrogen-bond donors (Lipinski definition) is 2. The number of halogens is 1. The average molecular weight is 194 g/mol. The normalized spacial score (nSPS) is 21.4. The second-order valence-electron chi connectivity index (χ2n) is 3.70. The van der Waals surface area contributed by atoms with Crippen molar-refractivity contribution in [3.63, 3.8) is 0 Å². The summed E-state index contributed by atoms with van der Waals surface area (Å²) in [6, 6.07) is 7.23. The van der Waals surface area contributed by atoms with Crippen LogP contribution in [-0.4, -0.2) is 19.1 Å². The Kier molecular flexibility index (Phi) is 3.11. The molecule has 0 radical (unpaired) electrons. The van der Waals surface area contributed by atoms with E-state index in [1.54, 1.807) is 0 Å². The Bertz CT molecular complexity index is 278. The van der Waals surface area contributed by atoms with Crippen LogP contribution in [0.1, 0.15) is 12.0 Å². The molecule has 1 aliphatic heterocycles. The summed E-state index contributed by atoms with van der Waals surface area (Å²) in [5.74, 6) is -0.170. The molecule has 1 aromatic carbocycles. The third-order valence-corrected chi connectivity index (χ3v) is 2.57. The largest absolute Gasteiger partial charge is 0.315 e. The van der Waals surface area contributed by atoms with E-state index in [-0.39, 0.29) is 5.82 Å². The molecule has 1 aliphatic rings. The molecule has 2 nitrogen and oxygen atoms in total. The topological polar surface area (TPSA) is 24.1 Å². The molecule has 1 saturated heterocycles. The minimum atomic E-state index is -0.170. The van der Waals surface area contributed by atoms with Gasteiger partial charge in [0.15, 0.2) is 0 Å². The lowest BCUT2D eigenvalue weighted by Gasteiger charge is -2.10. The van der Waals surface area contributed by atoms with Crippen LogP contribution in [0.4, 0.5) is 4.39 Å². The molecule has 14 heavy (non-hydrogen) atoms. The first-order valence-electron chi connectivity index (χ1n) is 5.03. The van der Waals surface area contributed by atoms with Gasteiger partial charge in [-0.3, -0.25) is 0 Å². The second-order valence-corrected chi connectivity index (χ2v) is 3.70. The van der Waals surface area contributed by atoms with Gasteiger partial charge in [0.2, 0.25) is 0 Å². The van der Waals surface area contributed by atoms with Crippen LogP contribution in [0.5, 0.6) is 0 Å². The number of hydrogen-bond acceptors (Lipinski definition) is 2. The average Bonchev–Trinajstić information content (AvgIpc) is 2.70. The van der Waals surface area contributed by atoms with Crippen molar-refractivity contribution >= 4 is 0 Å². The third-order valence-electron chi connectivity index (χ3n) is 2.57. The first kappa shape index (κ1) is 9.62. The molecule has 3 heteroatoms. The SMILES string of the molecule is Fc1ccc(CN[C@@H]2CCNC2)cc1. The summed E-state index contributed by atoms with van der Waals surface area (Å²) in [5, 5.41) is 6.73. The van der Waals surface area contributed by atoms with E-state index in [2.05, 4.69) is 10.6 Å². The molecule has 0 spiro atoms. The molecular formula is C11H15FN2. The summed E-state index contributed by atoms with van der Waals surface area (Å²) in [6.07, 6.45) is 1.18. The van der Waals surface area contributed by atoms with Crippen LogP contribution in [0.3, 0.4) is 0 Å². The van der Waals surface area contributed by atoms with E-state index < -0.39 is 0 Å². The van der Waals surface area contributed by atoms with Crippen molar-refractivity contribution in [2.24, 2.45) is 0 Å². The molecule has 0 aliphatic carbocycles. The smallest absolute Gasteiger partial charge is 0.123 e. The van der Waals surface area contributed by atoms with E-state index in [4.69, 9.17) is 0 Å². The summed E-state index contributed by atoms with van der Waals surface area (Å²) >= 11 is 0. The van der Waals surface area contributed by atoms with Crippen LogP contribution in [0.2, 0.25) is 0 Å². The van der Waals surface area contributed by atoms with Crippen LogP contribution < -0.4 is 10.6 Å². The quantitative estimate of drug-likeness (QED) is 0.757. The summed E-state index contributed by atoms with van der Waals surface area (Å²) in [5.41, 5.74) is 1.14. The van der Waals surface area contributed by atoms with Gasteiger partial charge < -0.3 is 10.6 Å². The molecule has 2 N–H and O–H groups in total. The molecule has 0 unspecified atom stereocenters. The Morgan fingerprint density at radius 1 is 1.36 bits per heavy atom. The molecule has 0 saturated carbocycles. The molecule has 0 amide bonds. The highest BCUT2D eigenvalue weighted by Gasteiger charge is 2.12. The lowest BCUT2D eigenvalue weighted by atomic mass is 10.2. The molecule has 1 heterocycles. The Balaban J connectivity index is 1.82. The number of rotatable bonds is 3. The van der Waals surface area contributed by atoms with Crippen molar-refractivity contribution in [1.29, 1.82) is 0 Å². The molecular weight excluding hydrogens is 179 g/mol. The molecule has 76 valence electrons. The van der Waals surface area contributed by atoms with Crippen molar-refractivity contribution in [1.82, 2.24) is 10.6 Å². The van der Waals surface area contributed by atoms with Crippen molar-refractivity contribution in [3.8, 4) is 0 Å². The molecule has 1 atom stereocenters. The van der Waals surface area contributed by atoms with Crippen molar-refractivity contribution in [3.05, 3.63) is 35.6 Å². The van der Waals surface area contributed by atoms with Gasteiger partial charge >= 0.3 is 0 Å². The van der Waals surface area contributed by atoms with E-state index in [0.717, 1.165) is 25.2 Å². The zero-order valence-electron chi connectivity index (χ0n) is 8.09. The third kappa shape index (κ3) is 2.53. The van der Waals surface area contributed by atoms with Gasteiger partial charge in [-0.2, -0.15) is 0 Å². The maximum absolute atomic E-state index is 12.6.